The van der Waals surface area contributed by atoms with E-state index in [2.05, 4.69) is 10.4 Å². The van der Waals surface area contributed by atoms with Gasteiger partial charge in [-0.15, -0.1) is 0 Å². The Morgan fingerprint density at radius 2 is 2.29 bits per heavy atom. The molecule has 2 rings (SSSR count). The number of nitrogens with one attached hydrogen (secondary N) is 1. The summed E-state index contributed by atoms with van der Waals surface area (Å²) in [5, 5.41) is 17.5. The van der Waals surface area contributed by atoms with E-state index >= 15 is 0 Å². The van der Waals surface area contributed by atoms with Crippen LogP contribution < -0.4 is 10.1 Å². The van der Waals surface area contributed by atoms with E-state index < -0.39 is 10.8 Å². The molecule has 1 aromatic heterocycles. The maximum atomic E-state index is 12.0. The molecule has 8 heteroatoms. The lowest BCUT2D eigenvalue weighted by atomic mass is 10.2. The van der Waals surface area contributed by atoms with Crippen LogP contribution >= 0.6 is 0 Å². The fourth-order valence-electron chi connectivity index (χ4n) is 1.76. The van der Waals surface area contributed by atoms with E-state index in [-0.39, 0.29) is 11.4 Å². The Morgan fingerprint density at radius 3 is 2.86 bits per heavy atom. The zero-order valence-corrected chi connectivity index (χ0v) is 11.6. The third kappa shape index (κ3) is 3.35. The van der Waals surface area contributed by atoms with Crippen molar-refractivity contribution in [2.45, 2.75) is 6.92 Å². The van der Waals surface area contributed by atoms with Crippen molar-refractivity contribution in [1.29, 1.82) is 0 Å². The number of nitrogens with zero attached hydrogens (tertiary/aromatic N) is 3. The summed E-state index contributed by atoms with van der Waals surface area (Å²) >= 11 is 0. The van der Waals surface area contributed by atoms with Crippen molar-refractivity contribution >= 4 is 17.3 Å². The molecule has 1 aromatic carbocycles. The van der Waals surface area contributed by atoms with Gasteiger partial charge in [0, 0.05) is 13.2 Å². The average Bonchev–Trinajstić information content (AvgIpc) is 2.87. The number of nitro benzene ring substituents is 1. The van der Waals surface area contributed by atoms with Gasteiger partial charge in [0.05, 0.1) is 29.4 Å². The van der Waals surface area contributed by atoms with Crippen molar-refractivity contribution < 1.29 is 14.5 Å². The molecule has 0 fully saturated rings. The Kier molecular flexibility index (Phi) is 4.17. The molecule has 0 spiro atoms. The minimum absolute atomic E-state index is 0.109. The molecule has 0 radical (unpaired) electrons. The van der Waals surface area contributed by atoms with Gasteiger partial charge in [0.1, 0.15) is 11.4 Å². The van der Waals surface area contributed by atoms with Gasteiger partial charge in [-0.2, -0.15) is 5.10 Å². The number of benzene rings is 1. The van der Waals surface area contributed by atoms with E-state index in [1.807, 2.05) is 0 Å². The summed E-state index contributed by atoms with van der Waals surface area (Å²) in [5.74, 6) is -0.0843. The van der Waals surface area contributed by atoms with Crippen molar-refractivity contribution in [1.82, 2.24) is 9.78 Å². The van der Waals surface area contributed by atoms with Crippen molar-refractivity contribution in [3.05, 3.63) is 46.3 Å². The van der Waals surface area contributed by atoms with Crippen molar-refractivity contribution in [3.8, 4) is 5.75 Å². The Hall–Kier alpha value is -2.90. The van der Waals surface area contributed by atoms with Gasteiger partial charge < -0.3 is 10.1 Å². The zero-order chi connectivity index (χ0) is 15.4. The third-order valence-corrected chi connectivity index (χ3v) is 2.69. The number of aromatic nitrogens is 2. The van der Waals surface area contributed by atoms with Gasteiger partial charge >= 0.3 is 0 Å². The predicted octanol–water partition coefficient (Wildman–Crippen LogP) is 1.98. The standard InChI is InChI=1S/C13H14N4O4/c1-3-21-10-4-5-11(12(6-10)17(19)20)15-13(18)9-7-14-16(2)8-9/h4-8H,3H2,1-2H3,(H,15,18). The SMILES string of the molecule is CCOc1ccc(NC(=O)c2cnn(C)c2)c([N+](=O)[O-])c1. The molecule has 8 nitrogen and oxygen atoms in total. The third-order valence-electron chi connectivity index (χ3n) is 2.69. The number of carbonyl (C=O) groups is 1. The number of carbonyl (C=O) groups excluding carboxylic acids is 1. The Morgan fingerprint density at radius 1 is 1.52 bits per heavy atom. The van der Waals surface area contributed by atoms with Crippen molar-refractivity contribution in [2.75, 3.05) is 11.9 Å². The first kappa shape index (κ1) is 14.5. The molecule has 0 aliphatic rings. The largest absolute Gasteiger partial charge is 0.494 e. The highest BCUT2D eigenvalue weighted by atomic mass is 16.6. The maximum absolute atomic E-state index is 12.0. The van der Waals surface area contributed by atoms with Crippen LogP contribution in [0.25, 0.3) is 0 Å². The molecular weight excluding hydrogens is 276 g/mol. The monoisotopic (exact) mass is 290 g/mol. The summed E-state index contributed by atoms with van der Waals surface area (Å²) < 4.78 is 6.69. The second-order valence-corrected chi connectivity index (χ2v) is 4.23. The first-order valence-electron chi connectivity index (χ1n) is 6.22. The van der Waals surface area contributed by atoms with Crippen LogP contribution in [0.5, 0.6) is 5.75 Å². The predicted molar refractivity (Wildman–Crippen MR) is 75.4 cm³/mol. The van der Waals surface area contributed by atoms with Crippen molar-refractivity contribution in [3.63, 3.8) is 0 Å². The number of nitro groups is 1. The maximum Gasteiger partial charge on any atom is 0.296 e. The van der Waals surface area contributed by atoms with Gasteiger partial charge in [0.25, 0.3) is 11.6 Å². The molecule has 0 saturated carbocycles. The topological polar surface area (TPSA) is 99.3 Å². The highest BCUT2D eigenvalue weighted by Gasteiger charge is 2.18. The average molecular weight is 290 g/mol. The fourth-order valence-corrected chi connectivity index (χ4v) is 1.76. The fraction of sp³-hybridized carbons (Fsp3) is 0.231. The molecule has 0 atom stereocenters. The van der Waals surface area contributed by atoms with Crippen LogP contribution in [-0.4, -0.2) is 27.2 Å². The molecule has 2 aromatic rings. The second kappa shape index (κ2) is 6.04. The lowest BCUT2D eigenvalue weighted by Gasteiger charge is -2.07. The van der Waals surface area contributed by atoms with Crippen LogP contribution in [0.2, 0.25) is 0 Å². The van der Waals surface area contributed by atoms with E-state index in [9.17, 15) is 14.9 Å². The lowest BCUT2D eigenvalue weighted by Crippen LogP contribution is -2.12. The van der Waals surface area contributed by atoms with Gasteiger partial charge in [0.15, 0.2) is 0 Å². The molecule has 0 aliphatic carbocycles. The number of hydrogen-bond donors (Lipinski definition) is 1. The lowest BCUT2D eigenvalue weighted by molar-refractivity contribution is -0.384. The first-order valence-corrected chi connectivity index (χ1v) is 6.22. The highest BCUT2D eigenvalue weighted by Crippen LogP contribution is 2.29. The van der Waals surface area contributed by atoms with E-state index in [4.69, 9.17) is 4.74 Å². The van der Waals surface area contributed by atoms with Crippen LogP contribution in [0.1, 0.15) is 17.3 Å². The van der Waals surface area contributed by atoms with Crippen LogP contribution in [0.4, 0.5) is 11.4 Å². The quantitative estimate of drug-likeness (QED) is 0.670. The zero-order valence-electron chi connectivity index (χ0n) is 11.6. The van der Waals surface area contributed by atoms with Crippen LogP contribution in [0, 0.1) is 10.1 Å². The normalized spacial score (nSPS) is 10.2. The minimum atomic E-state index is -0.568. The summed E-state index contributed by atoms with van der Waals surface area (Å²) in [5.41, 5.74) is 0.205. The van der Waals surface area contributed by atoms with Crippen molar-refractivity contribution in [2.24, 2.45) is 7.05 Å². The molecule has 0 aliphatic heterocycles. The Labute approximate surface area is 120 Å². The Bertz CT molecular complexity index is 681. The summed E-state index contributed by atoms with van der Waals surface area (Å²) in [6, 6.07) is 4.29. The van der Waals surface area contributed by atoms with Gasteiger partial charge in [-0.05, 0) is 19.1 Å². The van der Waals surface area contributed by atoms with Crippen LogP contribution in [0.3, 0.4) is 0 Å². The molecule has 110 valence electrons. The minimum Gasteiger partial charge on any atom is -0.494 e. The summed E-state index contributed by atoms with van der Waals surface area (Å²) in [4.78, 5) is 22.5. The highest BCUT2D eigenvalue weighted by molar-refractivity contribution is 6.05. The number of anilines is 1. The number of hydrogen-bond acceptors (Lipinski definition) is 5. The van der Waals surface area contributed by atoms with Gasteiger partial charge in [0.2, 0.25) is 0 Å². The van der Waals surface area contributed by atoms with Crippen LogP contribution in [-0.2, 0) is 7.05 Å². The first-order chi connectivity index (χ1) is 10.0. The molecular formula is C13H14N4O4. The number of ether oxygens (including phenoxy) is 1. The Balaban J connectivity index is 2.26. The second-order valence-electron chi connectivity index (χ2n) is 4.23. The summed E-state index contributed by atoms with van der Waals surface area (Å²) in [7, 11) is 1.68. The van der Waals surface area contributed by atoms with Crippen LogP contribution in [0.15, 0.2) is 30.6 Å². The molecule has 1 N–H and O–H groups in total. The molecule has 1 amide bonds. The van der Waals surface area contributed by atoms with E-state index in [0.29, 0.717) is 17.9 Å². The molecule has 1 heterocycles. The number of amides is 1. The van der Waals surface area contributed by atoms with E-state index in [0.717, 1.165) is 0 Å². The summed E-state index contributed by atoms with van der Waals surface area (Å²) in [6.45, 7) is 2.18. The van der Waals surface area contributed by atoms with Gasteiger partial charge in [-0.3, -0.25) is 19.6 Å². The smallest absolute Gasteiger partial charge is 0.296 e. The molecule has 0 saturated heterocycles. The molecule has 0 bridgehead atoms. The van der Waals surface area contributed by atoms with Gasteiger partial charge in [-0.25, -0.2) is 0 Å². The summed E-state index contributed by atoms with van der Waals surface area (Å²) in [6.07, 6.45) is 2.91. The number of aryl methyl sites for hydroxylation is 1. The van der Waals surface area contributed by atoms with Gasteiger partial charge in [-0.1, -0.05) is 0 Å². The number of rotatable bonds is 5. The van der Waals surface area contributed by atoms with E-state index in [1.54, 1.807) is 20.0 Å². The van der Waals surface area contributed by atoms with E-state index in [1.165, 1.54) is 29.2 Å². The molecule has 21 heavy (non-hydrogen) atoms. The molecule has 0 unspecified atom stereocenters.